The smallest absolute Gasteiger partial charge is 0.231 e. The maximum absolute atomic E-state index is 13.4. The second-order valence-corrected chi connectivity index (χ2v) is 9.87. The van der Waals surface area contributed by atoms with Crippen LogP contribution in [0.2, 0.25) is 0 Å². The molecule has 5 aromatic rings. The van der Waals surface area contributed by atoms with Crippen LogP contribution in [0.15, 0.2) is 83.2 Å². The van der Waals surface area contributed by atoms with Gasteiger partial charge in [0.1, 0.15) is 21.5 Å². The molecule has 1 N–H and O–H groups in total. The van der Waals surface area contributed by atoms with E-state index in [0.717, 1.165) is 49.0 Å². The van der Waals surface area contributed by atoms with Crippen LogP contribution in [0, 0.1) is 12.7 Å². The molecule has 1 amide bonds. The number of hydrogen-bond donors (Lipinski definition) is 1. The predicted molar refractivity (Wildman–Crippen MR) is 140 cm³/mol. The van der Waals surface area contributed by atoms with Gasteiger partial charge in [0, 0.05) is 33.2 Å². The highest BCUT2D eigenvalue weighted by molar-refractivity contribution is 7.98. The number of carbonyl (C=O) groups excluding carboxylic acids is 1. The lowest BCUT2D eigenvalue weighted by molar-refractivity contribution is -0.115. The molecule has 2 heterocycles. The molecule has 0 aliphatic rings. The summed E-state index contributed by atoms with van der Waals surface area (Å²) in [6, 6.07) is 21.9. The van der Waals surface area contributed by atoms with E-state index in [1.807, 2.05) is 60.8 Å². The van der Waals surface area contributed by atoms with Gasteiger partial charge in [-0.2, -0.15) is 0 Å². The molecule has 0 unspecified atom stereocenters. The first-order valence-corrected chi connectivity index (χ1v) is 12.9. The van der Waals surface area contributed by atoms with E-state index in [1.54, 1.807) is 23.9 Å². The van der Waals surface area contributed by atoms with Crippen LogP contribution in [0.1, 0.15) is 16.3 Å². The van der Waals surface area contributed by atoms with Crippen molar-refractivity contribution in [3.05, 3.63) is 100 Å². The minimum absolute atomic E-state index is 0.0823. The second kappa shape index (κ2) is 10.3. The lowest BCUT2D eigenvalue weighted by atomic mass is 10.1. The van der Waals surface area contributed by atoms with Gasteiger partial charge < -0.3 is 5.32 Å². The Hall–Kier alpha value is -3.62. The topological polar surface area (TPSA) is 67.8 Å². The number of halogens is 1. The number of rotatable bonds is 7. The Morgan fingerprint density at radius 1 is 0.971 bits per heavy atom. The molecule has 0 atom stereocenters. The quantitative estimate of drug-likeness (QED) is 0.253. The Morgan fingerprint density at radius 3 is 2.51 bits per heavy atom. The van der Waals surface area contributed by atoms with Gasteiger partial charge in [-0.25, -0.2) is 9.37 Å². The van der Waals surface area contributed by atoms with E-state index in [4.69, 9.17) is 0 Å². The third-order valence-electron chi connectivity index (χ3n) is 5.46. The number of fused-ring (bicyclic) bond motifs is 1. The summed E-state index contributed by atoms with van der Waals surface area (Å²) in [5.74, 6) is 0.249. The Labute approximate surface area is 210 Å². The number of nitrogens with zero attached hydrogens (tertiary/aromatic N) is 3. The fourth-order valence-corrected chi connectivity index (χ4v) is 5.45. The van der Waals surface area contributed by atoms with E-state index in [-0.39, 0.29) is 18.1 Å². The highest BCUT2D eigenvalue weighted by Crippen LogP contribution is 2.33. The Kier molecular flexibility index (Phi) is 6.83. The number of aromatic nitrogens is 3. The molecule has 0 radical (unpaired) electrons. The number of para-hydroxylation sites is 1. The number of anilines is 1. The lowest BCUT2D eigenvalue weighted by Crippen LogP contribution is -2.15. The fourth-order valence-electron chi connectivity index (χ4n) is 3.69. The number of benzene rings is 3. The summed E-state index contributed by atoms with van der Waals surface area (Å²) in [7, 11) is 0. The zero-order chi connectivity index (χ0) is 24.2. The summed E-state index contributed by atoms with van der Waals surface area (Å²) < 4.78 is 13.4. The number of thiazole rings is 1. The molecule has 0 saturated heterocycles. The zero-order valence-electron chi connectivity index (χ0n) is 18.9. The molecule has 0 aliphatic carbocycles. The summed E-state index contributed by atoms with van der Waals surface area (Å²) in [4.78, 5) is 17.1. The van der Waals surface area contributed by atoms with Crippen LogP contribution >= 0.6 is 23.1 Å². The Morgan fingerprint density at radius 2 is 1.71 bits per heavy atom. The Bertz CT molecular complexity index is 1500. The van der Waals surface area contributed by atoms with Gasteiger partial charge in [-0.15, -0.1) is 21.5 Å². The van der Waals surface area contributed by atoms with Gasteiger partial charge in [0.05, 0.1) is 12.1 Å². The van der Waals surface area contributed by atoms with E-state index in [2.05, 4.69) is 20.5 Å². The SMILES string of the molecule is Cc1ccccc1NC(=O)Cc1nc(CSc2nnc(-c3ccc(F)cc3)c3ccccc23)cs1. The van der Waals surface area contributed by atoms with Gasteiger partial charge in [0.25, 0.3) is 0 Å². The fraction of sp³-hybridized carbons (Fsp3) is 0.111. The number of amides is 1. The summed E-state index contributed by atoms with van der Waals surface area (Å²) in [6.45, 7) is 1.97. The Balaban J connectivity index is 1.28. The van der Waals surface area contributed by atoms with Crippen molar-refractivity contribution in [2.45, 2.75) is 24.1 Å². The molecule has 0 aliphatic heterocycles. The van der Waals surface area contributed by atoms with Gasteiger partial charge >= 0.3 is 0 Å². The van der Waals surface area contributed by atoms with Gasteiger partial charge in [-0.1, -0.05) is 54.2 Å². The molecule has 174 valence electrons. The second-order valence-electron chi connectivity index (χ2n) is 7.97. The molecule has 3 aromatic carbocycles. The van der Waals surface area contributed by atoms with Crippen molar-refractivity contribution in [2.24, 2.45) is 0 Å². The third kappa shape index (κ3) is 5.39. The molecule has 8 heteroatoms. The molecule has 0 bridgehead atoms. The predicted octanol–water partition coefficient (Wildman–Crippen LogP) is 6.67. The van der Waals surface area contributed by atoms with E-state index in [0.29, 0.717) is 5.75 Å². The van der Waals surface area contributed by atoms with E-state index < -0.39 is 0 Å². The van der Waals surface area contributed by atoms with Crippen molar-refractivity contribution in [3.8, 4) is 11.3 Å². The van der Waals surface area contributed by atoms with Crippen molar-refractivity contribution in [2.75, 3.05) is 5.32 Å². The van der Waals surface area contributed by atoms with Crippen LogP contribution in [0.3, 0.4) is 0 Å². The van der Waals surface area contributed by atoms with E-state index in [1.165, 1.54) is 23.5 Å². The number of hydrogen-bond acceptors (Lipinski definition) is 6. The molecule has 5 nitrogen and oxygen atoms in total. The molecule has 0 spiro atoms. The first kappa shape index (κ1) is 23.1. The van der Waals surface area contributed by atoms with Crippen molar-refractivity contribution in [1.82, 2.24) is 15.2 Å². The average Bonchev–Trinajstić information content (AvgIpc) is 3.31. The van der Waals surface area contributed by atoms with Crippen LogP contribution in [0.25, 0.3) is 22.0 Å². The third-order valence-corrected chi connectivity index (χ3v) is 7.37. The number of thioether (sulfide) groups is 1. The van der Waals surface area contributed by atoms with Gasteiger partial charge in [0.15, 0.2) is 0 Å². The largest absolute Gasteiger partial charge is 0.325 e. The normalized spacial score (nSPS) is 11.0. The van der Waals surface area contributed by atoms with Crippen molar-refractivity contribution >= 4 is 45.5 Å². The van der Waals surface area contributed by atoms with Crippen LogP contribution < -0.4 is 5.32 Å². The lowest BCUT2D eigenvalue weighted by Gasteiger charge is -2.09. The van der Waals surface area contributed by atoms with Gasteiger partial charge in [-0.3, -0.25) is 4.79 Å². The number of nitrogens with one attached hydrogen (secondary N) is 1. The van der Waals surface area contributed by atoms with E-state index in [9.17, 15) is 9.18 Å². The highest BCUT2D eigenvalue weighted by atomic mass is 32.2. The average molecular weight is 501 g/mol. The maximum Gasteiger partial charge on any atom is 0.231 e. The summed E-state index contributed by atoms with van der Waals surface area (Å²) >= 11 is 3.04. The van der Waals surface area contributed by atoms with Crippen LogP contribution in [-0.4, -0.2) is 21.1 Å². The minimum atomic E-state index is -0.284. The van der Waals surface area contributed by atoms with Crippen LogP contribution in [0.4, 0.5) is 10.1 Å². The van der Waals surface area contributed by atoms with E-state index >= 15 is 0 Å². The monoisotopic (exact) mass is 500 g/mol. The van der Waals surface area contributed by atoms with Crippen LogP contribution in [-0.2, 0) is 17.0 Å². The van der Waals surface area contributed by atoms with Crippen molar-refractivity contribution in [1.29, 1.82) is 0 Å². The molecular weight excluding hydrogens is 479 g/mol. The summed E-state index contributed by atoms with van der Waals surface area (Å²) in [6.07, 6.45) is 0.235. The first-order chi connectivity index (χ1) is 17.1. The molecular formula is C27H21FN4OS2. The first-order valence-electron chi connectivity index (χ1n) is 11.0. The highest BCUT2D eigenvalue weighted by Gasteiger charge is 2.14. The molecule has 0 fully saturated rings. The molecule has 35 heavy (non-hydrogen) atoms. The summed E-state index contributed by atoms with van der Waals surface area (Å²) in [5, 5.41) is 17.4. The van der Waals surface area contributed by atoms with Crippen molar-refractivity contribution in [3.63, 3.8) is 0 Å². The molecule has 5 rings (SSSR count). The summed E-state index contributed by atoms with van der Waals surface area (Å²) in [5.41, 5.74) is 4.28. The van der Waals surface area contributed by atoms with Gasteiger partial charge in [0.2, 0.25) is 5.91 Å². The van der Waals surface area contributed by atoms with Crippen molar-refractivity contribution < 1.29 is 9.18 Å². The number of aryl methyl sites for hydroxylation is 1. The van der Waals surface area contributed by atoms with Gasteiger partial charge in [-0.05, 0) is 42.8 Å². The number of carbonyl (C=O) groups is 1. The molecule has 0 saturated carbocycles. The van der Waals surface area contributed by atoms with Crippen LogP contribution in [0.5, 0.6) is 0 Å². The minimum Gasteiger partial charge on any atom is -0.325 e. The zero-order valence-corrected chi connectivity index (χ0v) is 20.5. The molecule has 2 aromatic heterocycles. The maximum atomic E-state index is 13.4. The standard InChI is InChI=1S/C27H21FN4OS2/c1-17-6-2-5-9-23(17)30-24(33)14-25-29-20(15-34-25)16-35-27-22-8-4-3-7-21(22)26(31-32-27)18-10-12-19(28)13-11-18/h2-13,15H,14,16H2,1H3,(H,30,33).